The lowest BCUT2D eigenvalue weighted by Crippen LogP contribution is -2.54. The highest BCUT2D eigenvalue weighted by Gasteiger charge is 2.56. The minimum Gasteiger partial charge on any atom is -0.431 e. The number of rotatable bonds is 1. The molecule has 0 aliphatic heterocycles. The van der Waals surface area contributed by atoms with Gasteiger partial charge in [0.05, 0.1) is 6.10 Å². The van der Waals surface area contributed by atoms with Crippen molar-refractivity contribution in [2.75, 3.05) is 0 Å². The van der Waals surface area contributed by atoms with Gasteiger partial charge in [0.15, 0.2) is 0 Å². The summed E-state index contributed by atoms with van der Waals surface area (Å²) in [6, 6.07) is 0. The summed E-state index contributed by atoms with van der Waals surface area (Å²) in [5.74, 6) is 0.994. The maximum atomic E-state index is 10.8. The fourth-order valence-electron chi connectivity index (χ4n) is 2.69. The predicted molar refractivity (Wildman–Crippen MR) is 51.2 cm³/mol. The average Bonchev–Trinajstić information content (AvgIpc) is 2.00. The Kier molecular flexibility index (Phi) is 1.96. The molecule has 3 heteroatoms. The van der Waals surface area contributed by atoms with Gasteiger partial charge >= 0.3 is 5.97 Å². The van der Waals surface area contributed by atoms with Gasteiger partial charge in [-0.3, -0.25) is 4.79 Å². The molecule has 14 heavy (non-hydrogen) atoms. The predicted octanol–water partition coefficient (Wildman–Crippen LogP) is 1.47. The van der Waals surface area contributed by atoms with Gasteiger partial charge in [-0.25, -0.2) is 0 Å². The summed E-state index contributed by atoms with van der Waals surface area (Å²) in [6.45, 7) is 5.63. The van der Waals surface area contributed by atoms with Gasteiger partial charge in [0, 0.05) is 12.8 Å². The Morgan fingerprint density at radius 2 is 2.29 bits per heavy atom. The third kappa shape index (κ3) is 1.19. The van der Waals surface area contributed by atoms with Gasteiger partial charge in [-0.1, -0.05) is 13.8 Å². The Bertz CT molecular complexity index is 304. The van der Waals surface area contributed by atoms with Crippen LogP contribution in [0.25, 0.3) is 0 Å². The standard InChI is InChI=1S/C11H16O3/c1-6(12)14-10-5-9(13)7-4-8(10)11(7,2)3/h5,7-9,13H,4H2,1-3H3/t7?,8-,9?/m1/s1. The molecule has 0 heterocycles. The fourth-order valence-corrected chi connectivity index (χ4v) is 2.69. The smallest absolute Gasteiger partial charge is 0.307 e. The third-order valence-corrected chi connectivity index (χ3v) is 3.70. The molecule has 0 amide bonds. The molecule has 1 N–H and O–H groups in total. The van der Waals surface area contributed by atoms with Crippen LogP contribution in [0.4, 0.5) is 0 Å². The molecule has 3 aliphatic rings. The molecule has 3 aliphatic carbocycles. The van der Waals surface area contributed by atoms with Crippen LogP contribution in [0.2, 0.25) is 0 Å². The first-order valence-electron chi connectivity index (χ1n) is 5.01. The Hall–Kier alpha value is -0.830. The minimum absolute atomic E-state index is 0.0684. The van der Waals surface area contributed by atoms with Gasteiger partial charge in [0.2, 0.25) is 0 Å². The highest BCUT2D eigenvalue weighted by Crippen LogP contribution is 2.59. The topological polar surface area (TPSA) is 46.5 Å². The normalized spacial score (nSPS) is 38.3. The molecule has 0 aromatic carbocycles. The van der Waals surface area contributed by atoms with E-state index in [1.165, 1.54) is 6.92 Å². The van der Waals surface area contributed by atoms with Crippen LogP contribution in [-0.2, 0) is 9.53 Å². The summed E-state index contributed by atoms with van der Waals surface area (Å²) < 4.78 is 5.11. The molecule has 2 bridgehead atoms. The number of carbonyl (C=O) groups excluding carboxylic acids is 1. The van der Waals surface area contributed by atoms with Gasteiger partial charge in [0.25, 0.3) is 0 Å². The minimum atomic E-state index is -0.454. The van der Waals surface area contributed by atoms with Crippen LogP contribution in [0.15, 0.2) is 11.8 Å². The number of aliphatic hydroxyl groups excluding tert-OH is 1. The largest absolute Gasteiger partial charge is 0.431 e. The number of fused-ring (bicyclic) bond motifs is 1. The molecule has 0 spiro atoms. The van der Waals surface area contributed by atoms with Crippen LogP contribution in [0.5, 0.6) is 0 Å². The molecular weight excluding hydrogens is 180 g/mol. The van der Waals surface area contributed by atoms with E-state index in [0.717, 1.165) is 6.42 Å². The second-order valence-corrected chi connectivity index (χ2v) is 4.87. The van der Waals surface area contributed by atoms with Crippen LogP contribution in [0, 0.1) is 17.3 Å². The van der Waals surface area contributed by atoms with E-state index in [1.807, 2.05) is 0 Å². The lowest BCUT2D eigenvalue weighted by molar-refractivity contribution is -0.146. The fraction of sp³-hybridized carbons (Fsp3) is 0.727. The number of allylic oxidation sites excluding steroid dienone is 1. The van der Waals surface area contributed by atoms with Crippen molar-refractivity contribution in [2.24, 2.45) is 17.3 Å². The molecular formula is C11H16O3. The number of aliphatic hydroxyl groups is 1. The Balaban J connectivity index is 2.22. The molecule has 0 aromatic rings. The van der Waals surface area contributed by atoms with Gasteiger partial charge in [-0.05, 0) is 23.8 Å². The van der Waals surface area contributed by atoms with Crippen molar-refractivity contribution in [1.29, 1.82) is 0 Å². The van der Waals surface area contributed by atoms with E-state index >= 15 is 0 Å². The molecule has 0 radical (unpaired) electrons. The number of carbonyl (C=O) groups is 1. The van der Waals surface area contributed by atoms with Crippen LogP contribution in [0.1, 0.15) is 27.2 Å². The van der Waals surface area contributed by atoms with E-state index in [4.69, 9.17) is 4.74 Å². The lowest BCUT2D eigenvalue weighted by Gasteiger charge is -2.56. The van der Waals surface area contributed by atoms with Crippen molar-refractivity contribution < 1.29 is 14.6 Å². The van der Waals surface area contributed by atoms with Crippen molar-refractivity contribution in [3.05, 3.63) is 11.8 Å². The molecule has 1 saturated carbocycles. The van der Waals surface area contributed by atoms with Gasteiger partial charge < -0.3 is 9.84 Å². The van der Waals surface area contributed by atoms with E-state index in [1.54, 1.807) is 6.08 Å². The number of ether oxygens (including phenoxy) is 1. The van der Waals surface area contributed by atoms with Crippen molar-refractivity contribution >= 4 is 5.97 Å². The second-order valence-electron chi connectivity index (χ2n) is 4.87. The van der Waals surface area contributed by atoms with E-state index in [2.05, 4.69) is 13.8 Å². The molecule has 2 unspecified atom stereocenters. The highest BCUT2D eigenvalue weighted by atomic mass is 16.5. The summed E-state index contributed by atoms with van der Waals surface area (Å²) in [6.07, 6.45) is 2.17. The first-order valence-corrected chi connectivity index (χ1v) is 5.01. The molecule has 1 fully saturated rings. The summed E-state index contributed by atoms with van der Waals surface area (Å²) in [7, 11) is 0. The van der Waals surface area contributed by atoms with E-state index in [9.17, 15) is 9.90 Å². The van der Waals surface area contributed by atoms with Crippen molar-refractivity contribution in [2.45, 2.75) is 33.3 Å². The number of esters is 1. The molecule has 78 valence electrons. The van der Waals surface area contributed by atoms with Gasteiger partial charge in [0.1, 0.15) is 5.76 Å². The Labute approximate surface area is 83.8 Å². The van der Waals surface area contributed by atoms with E-state index in [-0.39, 0.29) is 11.4 Å². The Morgan fingerprint density at radius 3 is 2.71 bits per heavy atom. The zero-order valence-electron chi connectivity index (χ0n) is 8.78. The zero-order chi connectivity index (χ0) is 10.5. The first-order chi connectivity index (χ1) is 6.43. The number of hydrogen-bond acceptors (Lipinski definition) is 3. The zero-order valence-corrected chi connectivity index (χ0v) is 8.78. The first kappa shape index (κ1) is 9.71. The molecule has 0 saturated heterocycles. The maximum absolute atomic E-state index is 10.8. The quantitative estimate of drug-likeness (QED) is 0.646. The van der Waals surface area contributed by atoms with Gasteiger partial charge in [-0.15, -0.1) is 0 Å². The Morgan fingerprint density at radius 1 is 1.64 bits per heavy atom. The van der Waals surface area contributed by atoms with Crippen LogP contribution < -0.4 is 0 Å². The van der Waals surface area contributed by atoms with Crippen molar-refractivity contribution in [1.82, 2.24) is 0 Å². The lowest BCUT2D eigenvalue weighted by atomic mass is 9.49. The molecule has 3 nitrogen and oxygen atoms in total. The van der Waals surface area contributed by atoms with Crippen LogP contribution in [0.3, 0.4) is 0 Å². The SMILES string of the molecule is CC(=O)OC1=CC(O)C2C[C@H]1C2(C)C. The summed E-state index contributed by atoms with van der Waals surface area (Å²) in [5, 5.41) is 9.77. The van der Waals surface area contributed by atoms with Crippen molar-refractivity contribution in [3.63, 3.8) is 0 Å². The average molecular weight is 196 g/mol. The summed E-state index contributed by atoms with van der Waals surface area (Å²) in [4.78, 5) is 10.8. The molecule has 3 rings (SSSR count). The van der Waals surface area contributed by atoms with Crippen LogP contribution in [-0.4, -0.2) is 17.2 Å². The van der Waals surface area contributed by atoms with Crippen molar-refractivity contribution in [3.8, 4) is 0 Å². The molecule has 3 atom stereocenters. The number of hydrogen-bond donors (Lipinski definition) is 1. The molecule has 0 aromatic heterocycles. The maximum Gasteiger partial charge on any atom is 0.307 e. The summed E-state index contributed by atoms with van der Waals surface area (Å²) >= 11 is 0. The van der Waals surface area contributed by atoms with E-state index in [0.29, 0.717) is 17.6 Å². The summed E-state index contributed by atoms with van der Waals surface area (Å²) in [5.41, 5.74) is 0.0684. The van der Waals surface area contributed by atoms with Gasteiger partial charge in [-0.2, -0.15) is 0 Å². The second kappa shape index (κ2) is 2.83. The van der Waals surface area contributed by atoms with Crippen LogP contribution >= 0.6 is 0 Å². The van der Waals surface area contributed by atoms with E-state index < -0.39 is 6.10 Å². The highest BCUT2D eigenvalue weighted by molar-refractivity contribution is 5.67. The monoisotopic (exact) mass is 196 g/mol. The third-order valence-electron chi connectivity index (χ3n) is 3.70.